The lowest BCUT2D eigenvalue weighted by Gasteiger charge is -2.12. The van der Waals surface area contributed by atoms with Crippen LogP contribution >= 0.6 is 0 Å². The van der Waals surface area contributed by atoms with Crippen LogP contribution in [0.5, 0.6) is 0 Å². The molecule has 0 bridgehead atoms. The van der Waals surface area contributed by atoms with Gasteiger partial charge in [-0.15, -0.1) is 0 Å². The molecule has 4 unspecified atom stereocenters. The van der Waals surface area contributed by atoms with E-state index >= 15 is 0 Å². The first-order chi connectivity index (χ1) is 8.74. The van der Waals surface area contributed by atoms with Gasteiger partial charge < -0.3 is 5.32 Å². The van der Waals surface area contributed by atoms with Crippen LogP contribution in [-0.4, -0.2) is 11.9 Å². The molecule has 0 aromatic heterocycles. The van der Waals surface area contributed by atoms with Crippen molar-refractivity contribution < 1.29 is 4.79 Å². The lowest BCUT2D eigenvalue weighted by molar-refractivity contribution is -0.123. The summed E-state index contributed by atoms with van der Waals surface area (Å²) in [6, 6.07) is 10.8. The average molecular weight is 243 g/mol. The van der Waals surface area contributed by atoms with Gasteiger partial charge in [-0.2, -0.15) is 0 Å². The normalized spacial score (nSPS) is 34.3. The number of amides is 1. The van der Waals surface area contributed by atoms with Gasteiger partial charge in [-0.05, 0) is 43.1 Å². The van der Waals surface area contributed by atoms with Crippen LogP contribution in [0.2, 0.25) is 0 Å². The van der Waals surface area contributed by atoms with Crippen molar-refractivity contribution in [2.24, 2.45) is 11.8 Å². The fourth-order valence-electron chi connectivity index (χ4n) is 3.20. The number of nitrogens with one attached hydrogen (secondary N) is 1. The average Bonchev–Trinajstić information content (AvgIpc) is 3.09. The predicted octanol–water partition coefficient (Wildman–Crippen LogP) is 3.09. The van der Waals surface area contributed by atoms with E-state index in [1.165, 1.54) is 12.0 Å². The van der Waals surface area contributed by atoms with E-state index in [0.29, 0.717) is 12.0 Å². The van der Waals surface area contributed by atoms with E-state index in [1.54, 1.807) is 0 Å². The Morgan fingerprint density at radius 3 is 2.61 bits per heavy atom. The van der Waals surface area contributed by atoms with Crippen molar-refractivity contribution in [3.8, 4) is 0 Å². The highest BCUT2D eigenvalue weighted by Crippen LogP contribution is 2.47. The van der Waals surface area contributed by atoms with Gasteiger partial charge in [0, 0.05) is 12.0 Å². The molecule has 1 N–H and O–H groups in total. The largest absolute Gasteiger partial charge is 0.353 e. The van der Waals surface area contributed by atoms with Gasteiger partial charge in [0.25, 0.3) is 0 Å². The monoisotopic (exact) mass is 243 g/mol. The maximum atomic E-state index is 12.1. The molecular formula is C16H21NO. The van der Waals surface area contributed by atoms with E-state index in [9.17, 15) is 4.79 Å². The SMILES string of the molecule is CC1CCC(NC(=O)C2CC2c2ccccc2)C1. The summed E-state index contributed by atoms with van der Waals surface area (Å²) in [4.78, 5) is 12.1. The van der Waals surface area contributed by atoms with Crippen molar-refractivity contribution >= 4 is 5.91 Å². The third-order valence-corrected chi connectivity index (χ3v) is 4.40. The lowest BCUT2D eigenvalue weighted by atomic mass is 10.1. The van der Waals surface area contributed by atoms with Crippen molar-refractivity contribution in [2.75, 3.05) is 0 Å². The molecule has 2 aliphatic rings. The molecule has 2 saturated carbocycles. The number of carbonyl (C=O) groups is 1. The quantitative estimate of drug-likeness (QED) is 0.868. The number of benzene rings is 1. The molecule has 2 heteroatoms. The van der Waals surface area contributed by atoms with Crippen LogP contribution < -0.4 is 5.32 Å². The smallest absolute Gasteiger partial charge is 0.223 e. The van der Waals surface area contributed by atoms with Crippen LogP contribution in [0.15, 0.2) is 30.3 Å². The second-order valence-corrected chi connectivity index (χ2v) is 5.98. The van der Waals surface area contributed by atoms with Gasteiger partial charge in [0.2, 0.25) is 5.91 Å². The summed E-state index contributed by atoms with van der Waals surface area (Å²) in [6.07, 6.45) is 4.61. The summed E-state index contributed by atoms with van der Waals surface area (Å²) in [6.45, 7) is 2.27. The molecule has 96 valence electrons. The minimum Gasteiger partial charge on any atom is -0.353 e. The van der Waals surface area contributed by atoms with Crippen LogP contribution in [0.1, 0.15) is 44.1 Å². The Morgan fingerprint density at radius 1 is 1.17 bits per heavy atom. The molecule has 2 fully saturated rings. The first-order valence-electron chi connectivity index (χ1n) is 7.09. The van der Waals surface area contributed by atoms with E-state index < -0.39 is 0 Å². The van der Waals surface area contributed by atoms with E-state index in [0.717, 1.165) is 25.2 Å². The second-order valence-electron chi connectivity index (χ2n) is 5.98. The first-order valence-corrected chi connectivity index (χ1v) is 7.09. The van der Waals surface area contributed by atoms with Crippen molar-refractivity contribution in [1.29, 1.82) is 0 Å². The van der Waals surface area contributed by atoms with Crippen LogP contribution in [0, 0.1) is 11.8 Å². The summed E-state index contributed by atoms with van der Waals surface area (Å²) in [7, 11) is 0. The van der Waals surface area contributed by atoms with Gasteiger partial charge in [-0.3, -0.25) is 4.79 Å². The van der Waals surface area contributed by atoms with Crippen LogP contribution in [-0.2, 0) is 4.79 Å². The second kappa shape index (κ2) is 4.75. The predicted molar refractivity (Wildman–Crippen MR) is 72.2 cm³/mol. The molecule has 0 radical (unpaired) electrons. The topological polar surface area (TPSA) is 29.1 Å². The van der Waals surface area contributed by atoms with E-state index in [-0.39, 0.29) is 11.8 Å². The highest BCUT2D eigenvalue weighted by Gasteiger charge is 2.44. The van der Waals surface area contributed by atoms with Crippen LogP contribution in [0.25, 0.3) is 0 Å². The molecule has 1 aromatic carbocycles. The van der Waals surface area contributed by atoms with Gasteiger partial charge in [0.05, 0.1) is 0 Å². The van der Waals surface area contributed by atoms with E-state index in [2.05, 4.69) is 36.5 Å². The molecule has 0 spiro atoms. The molecule has 4 atom stereocenters. The Morgan fingerprint density at radius 2 is 1.94 bits per heavy atom. The Balaban J connectivity index is 1.53. The highest BCUT2D eigenvalue weighted by atomic mass is 16.2. The van der Waals surface area contributed by atoms with Crippen LogP contribution in [0.4, 0.5) is 0 Å². The molecule has 2 aliphatic carbocycles. The molecule has 2 nitrogen and oxygen atoms in total. The van der Waals surface area contributed by atoms with Gasteiger partial charge >= 0.3 is 0 Å². The zero-order valence-electron chi connectivity index (χ0n) is 10.9. The van der Waals surface area contributed by atoms with Crippen molar-refractivity contribution in [3.05, 3.63) is 35.9 Å². The maximum Gasteiger partial charge on any atom is 0.223 e. The lowest BCUT2D eigenvalue weighted by Crippen LogP contribution is -2.34. The molecule has 1 amide bonds. The fraction of sp³-hybridized carbons (Fsp3) is 0.562. The Hall–Kier alpha value is -1.31. The molecule has 3 rings (SSSR count). The zero-order chi connectivity index (χ0) is 12.5. The number of rotatable bonds is 3. The molecule has 1 aromatic rings. The molecule has 18 heavy (non-hydrogen) atoms. The number of hydrogen-bond acceptors (Lipinski definition) is 1. The summed E-state index contributed by atoms with van der Waals surface area (Å²) < 4.78 is 0. The van der Waals surface area contributed by atoms with Crippen molar-refractivity contribution in [1.82, 2.24) is 5.32 Å². The van der Waals surface area contributed by atoms with E-state index in [4.69, 9.17) is 0 Å². The Bertz CT molecular complexity index is 428. The summed E-state index contributed by atoms with van der Waals surface area (Å²) in [5.74, 6) is 1.75. The molecule has 0 aliphatic heterocycles. The van der Waals surface area contributed by atoms with Gasteiger partial charge in [-0.25, -0.2) is 0 Å². The minimum atomic E-state index is 0.225. The van der Waals surface area contributed by atoms with Crippen molar-refractivity contribution in [3.63, 3.8) is 0 Å². The number of hydrogen-bond donors (Lipinski definition) is 1. The Labute approximate surface area is 109 Å². The number of carbonyl (C=O) groups excluding carboxylic acids is 1. The zero-order valence-corrected chi connectivity index (χ0v) is 10.9. The third kappa shape index (κ3) is 2.43. The van der Waals surface area contributed by atoms with Crippen molar-refractivity contribution in [2.45, 2.75) is 44.6 Å². The van der Waals surface area contributed by atoms with Gasteiger partial charge in [-0.1, -0.05) is 37.3 Å². The highest BCUT2D eigenvalue weighted by molar-refractivity contribution is 5.83. The van der Waals surface area contributed by atoms with Gasteiger partial charge in [0.1, 0.15) is 0 Å². The molecular weight excluding hydrogens is 222 g/mol. The summed E-state index contributed by atoms with van der Waals surface area (Å²) >= 11 is 0. The molecule has 0 heterocycles. The minimum absolute atomic E-state index is 0.225. The van der Waals surface area contributed by atoms with Crippen LogP contribution in [0.3, 0.4) is 0 Å². The standard InChI is InChI=1S/C16H21NO/c1-11-7-8-13(9-11)17-16(18)15-10-14(15)12-5-3-2-4-6-12/h2-6,11,13-15H,7-10H2,1H3,(H,17,18). The Kier molecular flexibility index (Phi) is 3.11. The van der Waals surface area contributed by atoms with E-state index in [1.807, 2.05) is 6.07 Å². The van der Waals surface area contributed by atoms with Gasteiger partial charge in [0.15, 0.2) is 0 Å². The summed E-state index contributed by atoms with van der Waals surface area (Å²) in [5.41, 5.74) is 1.32. The first kappa shape index (κ1) is 11.8. The summed E-state index contributed by atoms with van der Waals surface area (Å²) in [5, 5.41) is 3.23. The third-order valence-electron chi connectivity index (χ3n) is 4.40. The fourth-order valence-corrected chi connectivity index (χ4v) is 3.20. The molecule has 0 saturated heterocycles. The maximum absolute atomic E-state index is 12.1.